The number of rotatable bonds is 6. The summed E-state index contributed by atoms with van der Waals surface area (Å²) in [4.78, 5) is 33.5. The summed E-state index contributed by atoms with van der Waals surface area (Å²) in [6, 6.07) is 6.36. The molecule has 0 atom stereocenters. The Morgan fingerprint density at radius 2 is 1.84 bits per heavy atom. The van der Waals surface area contributed by atoms with Crippen LogP contribution in [0.15, 0.2) is 36.1 Å². The van der Waals surface area contributed by atoms with Crippen molar-refractivity contribution in [2.75, 3.05) is 7.11 Å². The molecule has 1 aromatic carbocycles. The smallest absolute Gasteiger partial charge is 0.371 e. The lowest BCUT2D eigenvalue weighted by Gasteiger charge is -2.05. The summed E-state index contributed by atoms with van der Waals surface area (Å²) >= 11 is 0. The van der Waals surface area contributed by atoms with Crippen molar-refractivity contribution >= 4 is 17.5 Å². The summed E-state index contributed by atoms with van der Waals surface area (Å²) in [5.74, 6) is -3.71. The summed E-state index contributed by atoms with van der Waals surface area (Å²) in [7, 11) is 1.39. The van der Waals surface area contributed by atoms with E-state index in [1.807, 2.05) is 0 Å². The molecule has 0 bridgehead atoms. The van der Waals surface area contributed by atoms with Gasteiger partial charge in [-0.05, 0) is 12.1 Å². The maximum absolute atomic E-state index is 11.8. The number of methoxy groups -OCH3 is 1. The molecule has 19 heavy (non-hydrogen) atoms. The normalized spacial score (nSPS) is 10.9. The number of hydrogen-bond acceptors (Lipinski definition) is 5. The topological polar surface area (TPSA) is 101 Å². The van der Waals surface area contributed by atoms with Crippen molar-refractivity contribution in [2.24, 2.45) is 0 Å². The van der Waals surface area contributed by atoms with Crippen LogP contribution in [0.4, 0.5) is 0 Å². The maximum Gasteiger partial charge on any atom is 0.371 e. The molecule has 0 spiro atoms. The Balaban J connectivity index is 2.83. The monoisotopic (exact) mass is 264 g/mol. The van der Waals surface area contributed by atoms with E-state index >= 15 is 0 Å². The van der Waals surface area contributed by atoms with E-state index in [4.69, 9.17) is 14.9 Å². The molecular weight excluding hydrogens is 252 g/mol. The Hall–Kier alpha value is -2.63. The molecule has 6 heteroatoms. The number of aliphatic carboxylic acids is 1. The van der Waals surface area contributed by atoms with Crippen molar-refractivity contribution in [1.82, 2.24) is 0 Å². The number of hydrogen-bond donors (Lipinski definition) is 2. The van der Waals surface area contributed by atoms with Crippen LogP contribution >= 0.6 is 0 Å². The van der Waals surface area contributed by atoms with Gasteiger partial charge in [0, 0.05) is 6.08 Å². The molecule has 0 unspecified atom stereocenters. The van der Waals surface area contributed by atoms with Crippen molar-refractivity contribution < 1.29 is 29.3 Å². The molecule has 0 saturated heterocycles. The number of carboxylic acids is 1. The van der Waals surface area contributed by atoms with Crippen LogP contribution < -0.4 is 4.74 Å². The van der Waals surface area contributed by atoms with E-state index in [0.29, 0.717) is 11.8 Å². The fourth-order valence-electron chi connectivity index (χ4n) is 1.39. The van der Waals surface area contributed by atoms with Crippen LogP contribution in [0.5, 0.6) is 5.75 Å². The van der Waals surface area contributed by atoms with Gasteiger partial charge in [0.2, 0.25) is 5.76 Å². The van der Waals surface area contributed by atoms with E-state index in [9.17, 15) is 14.4 Å². The van der Waals surface area contributed by atoms with Crippen molar-refractivity contribution in [3.8, 4) is 5.75 Å². The number of para-hydroxylation sites is 1. The Morgan fingerprint density at radius 1 is 1.21 bits per heavy atom. The summed E-state index contributed by atoms with van der Waals surface area (Å²) in [6.45, 7) is 0. The highest BCUT2D eigenvalue weighted by molar-refractivity contribution is 6.13. The summed E-state index contributed by atoms with van der Waals surface area (Å²) in [5.41, 5.74) is 0.224. The first-order valence-electron chi connectivity index (χ1n) is 5.28. The number of benzene rings is 1. The van der Waals surface area contributed by atoms with Gasteiger partial charge in [-0.25, -0.2) is 4.79 Å². The molecule has 0 saturated carbocycles. The number of aliphatic hydroxyl groups excluding tert-OH is 1. The van der Waals surface area contributed by atoms with E-state index in [-0.39, 0.29) is 5.56 Å². The molecule has 0 fully saturated rings. The van der Waals surface area contributed by atoms with Crippen molar-refractivity contribution in [1.29, 1.82) is 0 Å². The minimum Gasteiger partial charge on any atom is -0.502 e. The Bertz CT molecular complexity index is 544. The number of carbonyl (C=O) groups is 3. The first-order chi connectivity index (χ1) is 8.95. The minimum absolute atomic E-state index is 0.224. The summed E-state index contributed by atoms with van der Waals surface area (Å²) < 4.78 is 4.98. The zero-order chi connectivity index (χ0) is 14.4. The van der Waals surface area contributed by atoms with Crippen LogP contribution in [0.3, 0.4) is 0 Å². The van der Waals surface area contributed by atoms with Gasteiger partial charge < -0.3 is 14.9 Å². The average molecular weight is 264 g/mol. The Labute approximate surface area is 108 Å². The van der Waals surface area contributed by atoms with Crippen molar-refractivity contribution in [2.45, 2.75) is 6.42 Å². The van der Waals surface area contributed by atoms with Gasteiger partial charge in [-0.3, -0.25) is 9.59 Å². The van der Waals surface area contributed by atoms with E-state index in [1.165, 1.54) is 13.2 Å². The van der Waals surface area contributed by atoms with Gasteiger partial charge in [0.05, 0.1) is 19.1 Å². The highest BCUT2D eigenvalue weighted by atomic mass is 16.5. The predicted molar refractivity (Wildman–Crippen MR) is 65.3 cm³/mol. The molecule has 6 nitrogen and oxygen atoms in total. The number of allylic oxidation sites excluding steroid dienone is 1. The number of carboxylic acid groups (broad SMARTS) is 1. The van der Waals surface area contributed by atoms with Crippen LogP contribution in [0.2, 0.25) is 0 Å². The molecule has 0 aliphatic heterocycles. The van der Waals surface area contributed by atoms with Crippen molar-refractivity contribution in [3.05, 3.63) is 41.7 Å². The largest absolute Gasteiger partial charge is 0.502 e. The minimum atomic E-state index is -1.63. The molecule has 0 aliphatic carbocycles. The zero-order valence-electron chi connectivity index (χ0n) is 10.1. The van der Waals surface area contributed by atoms with E-state index in [0.717, 1.165) is 0 Å². The molecule has 100 valence electrons. The second-order valence-corrected chi connectivity index (χ2v) is 3.60. The third kappa shape index (κ3) is 3.95. The van der Waals surface area contributed by atoms with Gasteiger partial charge in [0.1, 0.15) is 5.75 Å². The van der Waals surface area contributed by atoms with Gasteiger partial charge in [-0.15, -0.1) is 0 Å². The maximum atomic E-state index is 11.8. The van der Waals surface area contributed by atoms with Crippen LogP contribution in [-0.4, -0.2) is 34.9 Å². The van der Waals surface area contributed by atoms with Gasteiger partial charge in [-0.1, -0.05) is 12.1 Å². The first kappa shape index (κ1) is 14.4. The molecule has 1 rings (SSSR count). The van der Waals surface area contributed by atoms with Crippen LogP contribution in [-0.2, 0) is 9.59 Å². The summed E-state index contributed by atoms with van der Waals surface area (Å²) in [6.07, 6.45) is -0.0344. The summed E-state index contributed by atoms with van der Waals surface area (Å²) in [5, 5.41) is 17.3. The fourth-order valence-corrected chi connectivity index (χ4v) is 1.39. The number of Topliss-reactive ketones (excluding diaryl/α,β-unsaturated/α-hetero) is 1. The lowest BCUT2D eigenvalue weighted by Crippen LogP contribution is -2.10. The van der Waals surface area contributed by atoms with Crippen molar-refractivity contribution in [3.63, 3.8) is 0 Å². The van der Waals surface area contributed by atoms with E-state index in [1.54, 1.807) is 18.2 Å². The van der Waals surface area contributed by atoms with Gasteiger partial charge in [0.25, 0.3) is 0 Å². The number of aliphatic hydroxyl groups is 1. The number of ether oxygens (including phenoxy) is 1. The standard InChI is InChI=1S/C13H12O6/c1-19-12-5-3-2-4-9(12)10(15)6-8(14)7-11(16)13(17)18/h2-5,7,16H,6H2,1H3,(H,17,18)/b11-7-. The predicted octanol–water partition coefficient (Wildman–Crippen LogP) is 1.36. The first-order valence-corrected chi connectivity index (χ1v) is 5.28. The number of carbonyl (C=O) groups excluding carboxylic acids is 2. The highest BCUT2D eigenvalue weighted by Crippen LogP contribution is 2.19. The van der Waals surface area contributed by atoms with Crippen LogP contribution in [0, 0.1) is 0 Å². The van der Waals surface area contributed by atoms with Gasteiger partial charge in [0.15, 0.2) is 11.6 Å². The SMILES string of the molecule is COc1ccccc1C(=O)CC(=O)/C=C(\O)C(=O)O. The molecule has 2 N–H and O–H groups in total. The molecule has 0 radical (unpaired) electrons. The van der Waals surface area contributed by atoms with E-state index in [2.05, 4.69) is 0 Å². The molecule has 1 aromatic rings. The zero-order valence-corrected chi connectivity index (χ0v) is 10.1. The fraction of sp³-hybridized carbons (Fsp3) is 0.154. The lowest BCUT2D eigenvalue weighted by molar-refractivity contribution is -0.135. The molecular formula is C13H12O6. The van der Waals surface area contributed by atoms with Crippen LogP contribution in [0.1, 0.15) is 16.8 Å². The van der Waals surface area contributed by atoms with Gasteiger partial charge >= 0.3 is 5.97 Å². The average Bonchev–Trinajstić information content (AvgIpc) is 2.38. The molecule has 0 amide bonds. The lowest BCUT2D eigenvalue weighted by atomic mass is 10.0. The quantitative estimate of drug-likeness (QED) is 0.348. The number of ketones is 2. The molecule has 0 aliphatic rings. The van der Waals surface area contributed by atoms with Crippen LogP contribution in [0.25, 0.3) is 0 Å². The third-order valence-electron chi connectivity index (χ3n) is 2.26. The Kier molecular flexibility index (Phi) is 4.82. The highest BCUT2D eigenvalue weighted by Gasteiger charge is 2.16. The molecule has 0 heterocycles. The van der Waals surface area contributed by atoms with E-state index < -0.39 is 29.7 Å². The Morgan fingerprint density at radius 3 is 2.42 bits per heavy atom. The second-order valence-electron chi connectivity index (χ2n) is 3.60. The second kappa shape index (κ2) is 6.34. The third-order valence-corrected chi connectivity index (χ3v) is 2.26. The van der Waals surface area contributed by atoms with Gasteiger partial charge in [-0.2, -0.15) is 0 Å². The molecule has 0 aromatic heterocycles.